The summed E-state index contributed by atoms with van der Waals surface area (Å²) in [4.78, 5) is 27.0. The van der Waals surface area contributed by atoms with Gasteiger partial charge in [0.2, 0.25) is 11.8 Å². The van der Waals surface area contributed by atoms with E-state index in [-0.39, 0.29) is 30.9 Å². The van der Waals surface area contributed by atoms with Gasteiger partial charge in [0, 0.05) is 20.1 Å². The van der Waals surface area contributed by atoms with E-state index in [0.29, 0.717) is 5.92 Å². The number of hydrogen-bond acceptors (Lipinski definition) is 3. The normalized spacial score (nSPS) is 28.7. The van der Waals surface area contributed by atoms with Gasteiger partial charge in [-0.15, -0.1) is 0 Å². The lowest BCUT2D eigenvalue weighted by molar-refractivity contribution is -0.130. The van der Waals surface area contributed by atoms with Crippen molar-refractivity contribution in [2.45, 2.75) is 38.6 Å². The Morgan fingerprint density at radius 1 is 1.14 bits per heavy atom. The molecule has 5 nitrogen and oxygen atoms in total. The molecule has 2 aliphatic carbocycles. The van der Waals surface area contributed by atoms with E-state index in [1.165, 1.54) is 25.7 Å². The molecule has 0 spiro atoms. The zero-order valence-corrected chi connectivity index (χ0v) is 13.8. The number of fused-ring (bicyclic) bond motifs is 2. The number of hydrogen-bond donors (Lipinski definition) is 1. The Morgan fingerprint density at radius 3 is 2.38 bits per heavy atom. The summed E-state index contributed by atoms with van der Waals surface area (Å²) in [6.07, 6.45) is 5.37. The van der Waals surface area contributed by atoms with Crippen molar-refractivity contribution in [3.05, 3.63) is 0 Å². The van der Waals surface area contributed by atoms with Gasteiger partial charge in [0.15, 0.2) is 0 Å². The van der Waals surface area contributed by atoms with Gasteiger partial charge in [0.1, 0.15) is 0 Å². The van der Waals surface area contributed by atoms with Crippen LogP contribution in [0, 0.1) is 17.8 Å². The molecule has 0 aliphatic heterocycles. The Balaban J connectivity index is 1.72. The van der Waals surface area contributed by atoms with Crippen LogP contribution in [0.5, 0.6) is 0 Å². The largest absolute Gasteiger partial charge is 0.352 e. The van der Waals surface area contributed by atoms with E-state index in [0.717, 1.165) is 11.8 Å². The fourth-order valence-corrected chi connectivity index (χ4v) is 3.99. The lowest BCUT2D eigenvalue weighted by atomic mass is 9.84. The minimum atomic E-state index is 0.0199. The highest BCUT2D eigenvalue weighted by Gasteiger charge is 2.42. The van der Waals surface area contributed by atoms with Crippen LogP contribution in [0.15, 0.2) is 0 Å². The molecule has 4 atom stereocenters. The topological polar surface area (TPSA) is 52.7 Å². The molecule has 1 N–H and O–H groups in total. The first-order valence-corrected chi connectivity index (χ1v) is 8.05. The third-order valence-electron chi connectivity index (χ3n) is 5.14. The fourth-order valence-electron chi connectivity index (χ4n) is 3.99. The molecule has 2 rings (SSSR count). The van der Waals surface area contributed by atoms with Crippen LogP contribution in [-0.4, -0.2) is 61.9 Å². The summed E-state index contributed by atoms with van der Waals surface area (Å²) in [5, 5.41) is 3.13. The number of carbonyl (C=O) groups is 2. The summed E-state index contributed by atoms with van der Waals surface area (Å²) in [7, 11) is 5.27. The highest BCUT2D eigenvalue weighted by atomic mass is 16.2. The maximum absolute atomic E-state index is 12.1. The first-order valence-electron chi connectivity index (χ1n) is 8.05. The van der Waals surface area contributed by atoms with Gasteiger partial charge in [0.25, 0.3) is 0 Å². The highest BCUT2D eigenvalue weighted by Crippen LogP contribution is 2.49. The summed E-state index contributed by atoms with van der Waals surface area (Å²) < 4.78 is 0. The molecule has 2 fully saturated rings. The fraction of sp³-hybridized carbons (Fsp3) is 0.875. The number of rotatable bonds is 6. The minimum Gasteiger partial charge on any atom is -0.352 e. The van der Waals surface area contributed by atoms with Gasteiger partial charge in [-0.3, -0.25) is 14.5 Å². The third kappa shape index (κ3) is 4.19. The minimum absolute atomic E-state index is 0.0199. The molecule has 0 aromatic heterocycles. The van der Waals surface area contributed by atoms with Crippen LogP contribution in [0.1, 0.15) is 32.6 Å². The number of nitrogens with one attached hydrogen (secondary N) is 1. The molecule has 0 aromatic rings. The van der Waals surface area contributed by atoms with Crippen LogP contribution in [0.25, 0.3) is 0 Å². The molecule has 2 bridgehead atoms. The van der Waals surface area contributed by atoms with Crippen LogP contribution >= 0.6 is 0 Å². The summed E-state index contributed by atoms with van der Waals surface area (Å²) in [5.74, 6) is 2.42. The van der Waals surface area contributed by atoms with E-state index in [1.807, 2.05) is 7.05 Å². The molecular formula is C16H29N3O2. The van der Waals surface area contributed by atoms with Gasteiger partial charge in [-0.2, -0.15) is 0 Å². The van der Waals surface area contributed by atoms with Crippen molar-refractivity contribution in [2.75, 3.05) is 34.2 Å². The first-order chi connectivity index (χ1) is 9.86. The maximum atomic E-state index is 12.1. The van der Waals surface area contributed by atoms with Crippen molar-refractivity contribution in [3.63, 3.8) is 0 Å². The third-order valence-corrected chi connectivity index (χ3v) is 5.14. The molecule has 4 unspecified atom stereocenters. The Hall–Kier alpha value is -1.10. The number of likely N-dealkylation sites (N-methyl/N-ethyl adjacent to an activating group) is 2. The molecule has 2 saturated carbocycles. The molecular weight excluding hydrogens is 266 g/mol. The number of amides is 2. The quantitative estimate of drug-likeness (QED) is 0.794. The molecule has 0 heterocycles. The summed E-state index contributed by atoms with van der Waals surface area (Å²) in [5.41, 5.74) is 0. The summed E-state index contributed by atoms with van der Waals surface area (Å²) in [6.45, 7) is 2.70. The predicted octanol–water partition coefficient (Wildman–Crippen LogP) is 0.947. The average molecular weight is 295 g/mol. The molecule has 21 heavy (non-hydrogen) atoms. The van der Waals surface area contributed by atoms with Crippen LogP contribution in [0.4, 0.5) is 0 Å². The van der Waals surface area contributed by atoms with E-state index >= 15 is 0 Å². The van der Waals surface area contributed by atoms with Gasteiger partial charge in [-0.05, 0) is 51.0 Å². The SMILES string of the molecule is CC(NC(=O)CN(C)CC(=O)N(C)C)C1CC2CCC1C2. The highest BCUT2D eigenvalue weighted by molar-refractivity contribution is 5.81. The van der Waals surface area contributed by atoms with E-state index < -0.39 is 0 Å². The lowest BCUT2D eigenvalue weighted by Gasteiger charge is -2.29. The van der Waals surface area contributed by atoms with Crippen molar-refractivity contribution in [1.29, 1.82) is 0 Å². The number of nitrogens with zero attached hydrogens (tertiary/aromatic N) is 2. The van der Waals surface area contributed by atoms with Crippen molar-refractivity contribution in [1.82, 2.24) is 15.1 Å². The van der Waals surface area contributed by atoms with Gasteiger partial charge in [0.05, 0.1) is 13.1 Å². The van der Waals surface area contributed by atoms with Crippen LogP contribution in [0.2, 0.25) is 0 Å². The van der Waals surface area contributed by atoms with E-state index in [4.69, 9.17) is 0 Å². The predicted molar refractivity (Wildman–Crippen MR) is 82.7 cm³/mol. The zero-order valence-electron chi connectivity index (χ0n) is 13.8. The molecule has 0 radical (unpaired) electrons. The average Bonchev–Trinajstić information content (AvgIpc) is 2.99. The van der Waals surface area contributed by atoms with Crippen molar-refractivity contribution in [3.8, 4) is 0 Å². The van der Waals surface area contributed by atoms with E-state index in [1.54, 1.807) is 23.9 Å². The van der Waals surface area contributed by atoms with E-state index in [9.17, 15) is 9.59 Å². The Morgan fingerprint density at radius 2 is 1.86 bits per heavy atom. The first kappa shape index (κ1) is 16.3. The molecule has 2 aliphatic rings. The Bertz CT molecular complexity index is 397. The second-order valence-electron chi connectivity index (χ2n) is 7.16. The monoisotopic (exact) mass is 295 g/mol. The summed E-state index contributed by atoms with van der Waals surface area (Å²) >= 11 is 0. The zero-order chi connectivity index (χ0) is 15.6. The second kappa shape index (κ2) is 6.77. The molecule has 0 aromatic carbocycles. The Kier molecular flexibility index (Phi) is 5.25. The molecule has 5 heteroatoms. The van der Waals surface area contributed by atoms with E-state index in [2.05, 4.69) is 12.2 Å². The van der Waals surface area contributed by atoms with Gasteiger partial charge < -0.3 is 10.2 Å². The maximum Gasteiger partial charge on any atom is 0.236 e. The van der Waals surface area contributed by atoms with Gasteiger partial charge in [-0.1, -0.05) is 6.42 Å². The second-order valence-corrected chi connectivity index (χ2v) is 7.16. The van der Waals surface area contributed by atoms with Crippen molar-refractivity contribution >= 4 is 11.8 Å². The Labute approximate surface area is 128 Å². The smallest absolute Gasteiger partial charge is 0.236 e. The molecule has 0 saturated heterocycles. The lowest BCUT2D eigenvalue weighted by Crippen LogP contribution is -2.45. The van der Waals surface area contributed by atoms with Crippen LogP contribution in [0.3, 0.4) is 0 Å². The van der Waals surface area contributed by atoms with Crippen molar-refractivity contribution < 1.29 is 9.59 Å². The van der Waals surface area contributed by atoms with Gasteiger partial charge in [-0.25, -0.2) is 0 Å². The molecule has 2 amide bonds. The molecule has 120 valence electrons. The standard InChI is InChI=1S/C16H29N3O2/c1-11(14-8-12-5-6-13(14)7-12)17-15(20)9-19(4)10-16(21)18(2)3/h11-14H,5-10H2,1-4H3,(H,17,20). The van der Waals surface area contributed by atoms with Crippen molar-refractivity contribution in [2.24, 2.45) is 17.8 Å². The van der Waals surface area contributed by atoms with Crippen LogP contribution in [-0.2, 0) is 9.59 Å². The number of carbonyl (C=O) groups excluding carboxylic acids is 2. The van der Waals surface area contributed by atoms with Crippen LogP contribution < -0.4 is 5.32 Å². The van der Waals surface area contributed by atoms with Gasteiger partial charge >= 0.3 is 0 Å². The summed E-state index contributed by atoms with van der Waals surface area (Å²) in [6, 6.07) is 0.255.